The van der Waals surface area contributed by atoms with Crippen LogP contribution in [0.3, 0.4) is 0 Å². The fourth-order valence-electron chi connectivity index (χ4n) is 3.72. The minimum atomic E-state index is -0.824. The first-order chi connectivity index (χ1) is 15.5. The fraction of sp³-hybridized carbons (Fsp3) is 0.261. The summed E-state index contributed by atoms with van der Waals surface area (Å²) in [7, 11) is 0. The van der Waals surface area contributed by atoms with Gasteiger partial charge in [-0.2, -0.15) is 0 Å². The molecule has 0 saturated carbocycles. The Hall–Kier alpha value is -3.46. The second-order valence-electron chi connectivity index (χ2n) is 7.07. The van der Waals surface area contributed by atoms with Crippen molar-refractivity contribution in [2.45, 2.75) is 38.0 Å². The zero-order chi connectivity index (χ0) is 22.8. The van der Waals surface area contributed by atoms with Crippen LogP contribution in [0.4, 0.5) is 5.69 Å². The molecular formula is C23H22N4O4S. The molecule has 0 fully saturated rings. The van der Waals surface area contributed by atoms with Gasteiger partial charge in [0.15, 0.2) is 0 Å². The van der Waals surface area contributed by atoms with E-state index in [0.29, 0.717) is 22.6 Å². The van der Waals surface area contributed by atoms with Crippen molar-refractivity contribution in [2.75, 3.05) is 11.2 Å². The van der Waals surface area contributed by atoms with Crippen molar-refractivity contribution in [1.29, 1.82) is 0 Å². The van der Waals surface area contributed by atoms with E-state index >= 15 is 0 Å². The average Bonchev–Trinajstić information content (AvgIpc) is 2.82. The Balaban J connectivity index is 2.05. The predicted molar refractivity (Wildman–Crippen MR) is 117 cm³/mol. The van der Waals surface area contributed by atoms with Crippen LogP contribution in [0, 0.1) is 0 Å². The number of hydrogen-bond donors (Lipinski definition) is 0. The van der Waals surface area contributed by atoms with Gasteiger partial charge < -0.3 is 9.84 Å². The Morgan fingerprint density at radius 3 is 2.56 bits per heavy atom. The van der Waals surface area contributed by atoms with Gasteiger partial charge in [-0.05, 0) is 30.5 Å². The molecule has 0 aliphatic carbocycles. The van der Waals surface area contributed by atoms with Gasteiger partial charge in [-0.3, -0.25) is 9.59 Å². The minimum absolute atomic E-state index is 0.158. The molecule has 2 heterocycles. The summed E-state index contributed by atoms with van der Waals surface area (Å²) in [6.07, 6.45) is 1.39. The maximum absolute atomic E-state index is 13.2. The lowest BCUT2D eigenvalue weighted by Gasteiger charge is -2.33. The fourth-order valence-corrected chi connectivity index (χ4v) is 4.07. The van der Waals surface area contributed by atoms with Crippen molar-refractivity contribution in [2.24, 2.45) is 0 Å². The van der Waals surface area contributed by atoms with Gasteiger partial charge in [-0.15, -0.1) is 0 Å². The van der Waals surface area contributed by atoms with Crippen LogP contribution in [0.15, 0.2) is 53.7 Å². The number of carbonyl (C=O) groups is 2. The quantitative estimate of drug-likeness (QED) is 0.255. The molecule has 4 rings (SSSR count). The summed E-state index contributed by atoms with van der Waals surface area (Å²) in [5.41, 5.74) is 1.98. The molecule has 0 N–H and O–H groups in total. The first-order valence-corrected chi connectivity index (χ1v) is 11.5. The van der Waals surface area contributed by atoms with E-state index in [0.717, 1.165) is 0 Å². The summed E-state index contributed by atoms with van der Waals surface area (Å²) in [6, 6.07) is 14.2. The van der Waals surface area contributed by atoms with E-state index in [1.165, 1.54) is 16.4 Å². The van der Waals surface area contributed by atoms with Gasteiger partial charge in [-0.1, -0.05) is 54.6 Å². The molecule has 9 heteroatoms. The highest BCUT2D eigenvalue weighted by Crippen LogP contribution is 2.42. The highest BCUT2D eigenvalue weighted by molar-refractivity contribution is 7.98. The van der Waals surface area contributed by atoms with Gasteiger partial charge in [0.05, 0.1) is 22.7 Å². The second kappa shape index (κ2) is 8.96. The molecular weight excluding hydrogens is 428 g/mol. The molecule has 0 radical (unpaired) electrons. The summed E-state index contributed by atoms with van der Waals surface area (Å²) in [5.74, 6) is -0.681. The Morgan fingerprint density at radius 1 is 1.12 bits per heavy atom. The van der Waals surface area contributed by atoms with E-state index in [-0.39, 0.29) is 29.6 Å². The Bertz CT molecular complexity index is 1200. The Morgan fingerprint density at radius 2 is 1.84 bits per heavy atom. The van der Waals surface area contributed by atoms with Crippen LogP contribution in [0.25, 0.3) is 11.3 Å². The van der Waals surface area contributed by atoms with Crippen LogP contribution in [-0.4, -0.2) is 28.2 Å². The topological polar surface area (TPSA) is 99.3 Å². The number of benzene rings is 2. The van der Waals surface area contributed by atoms with Crippen LogP contribution < -0.4 is 19.4 Å². The monoisotopic (exact) mass is 450 g/mol. The normalized spacial score (nSPS) is 14.5. The predicted octanol–water partition coefficient (Wildman–Crippen LogP) is 2.85. The lowest BCUT2D eigenvalue weighted by molar-refractivity contribution is -0.764. The van der Waals surface area contributed by atoms with E-state index in [2.05, 4.69) is 10.1 Å². The lowest BCUT2D eigenvalue weighted by Crippen LogP contribution is -2.59. The molecule has 1 aromatic heterocycles. The van der Waals surface area contributed by atoms with Crippen LogP contribution in [-0.2, 0) is 9.59 Å². The smallest absolute Gasteiger partial charge is 0.310 e. The van der Waals surface area contributed by atoms with Crippen molar-refractivity contribution in [3.63, 3.8) is 0 Å². The number of esters is 1. The van der Waals surface area contributed by atoms with Gasteiger partial charge in [0.1, 0.15) is 5.75 Å². The number of fused-ring (bicyclic) bond motifs is 3. The average molecular weight is 451 g/mol. The van der Waals surface area contributed by atoms with Crippen LogP contribution in [0.2, 0.25) is 0 Å². The molecule has 0 spiro atoms. The van der Waals surface area contributed by atoms with Crippen molar-refractivity contribution in [1.82, 2.24) is 10.1 Å². The lowest BCUT2D eigenvalue weighted by atomic mass is 10.0. The number of amides is 1. The number of para-hydroxylation sites is 2. The Kier molecular flexibility index (Phi) is 6.09. The third-order valence-electron chi connectivity index (χ3n) is 5.18. The van der Waals surface area contributed by atoms with E-state index in [4.69, 9.17) is 4.74 Å². The van der Waals surface area contributed by atoms with Gasteiger partial charge >= 0.3 is 5.97 Å². The second-order valence-corrected chi connectivity index (χ2v) is 7.84. The molecule has 2 aromatic carbocycles. The third-order valence-corrected chi connectivity index (χ3v) is 5.72. The highest BCUT2D eigenvalue weighted by Gasteiger charge is 2.45. The van der Waals surface area contributed by atoms with Gasteiger partial charge in [-0.25, -0.2) is 9.88 Å². The molecule has 8 nitrogen and oxygen atoms in total. The third kappa shape index (κ3) is 3.69. The number of aromatic nitrogens is 3. The number of ether oxygens (including phenoxy) is 1. The van der Waals surface area contributed by atoms with Gasteiger partial charge in [0.2, 0.25) is 5.91 Å². The summed E-state index contributed by atoms with van der Waals surface area (Å²) in [6.45, 7) is 3.48. The van der Waals surface area contributed by atoms with Crippen molar-refractivity contribution in [3.05, 3.63) is 54.1 Å². The molecule has 164 valence electrons. The van der Waals surface area contributed by atoms with Crippen LogP contribution in [0.5, 0.6) is 11.6 Å². The zero-order valence-corrected chi connectivity index (χ0v) is 18.8. The maximum atomic E-state index is 13.2. The van der Waals surface area contributed by atoms with Gasteiger partial charge in [0, 0.05) is 17.9 Å². The van der Waals surface area contributed by atoms with E-state index in [9.17, 15) is 14.7 Å². The summed E-state index contributed by atoms with van der Waals surface area (Å²) < 4.78 is 7.11. The molecule has 0 bridgehead atoms. The maximum Gasteiger partial charge on any atom is 0.310 e. The largest absolute Gasteiger partial charge is 0.854 e. The SMILES string of the molecule is CCC(=O)Oc1ccccc1C1N(C(=O)CC)c2ccccc2-c2c([O-])nc(SC)n[n+]21. The standard InChI is InChI=1S/C23H22N4O4S/c1-4-18(28)26-16-12-8-6-10-14(16)20-21(30)24-23(32-3)25-27(20)22(26)15-11-7-9-13-17(15)31-19(29)5-2/h6-13,22H,4-5H2,1-3H3. The van der Waals surface area contributed by atoms with E-state index in [1.807, 2.05) is 6.07 Å². The summed E-state index contributed by atoms with van der Waals surface area (Å²) in [4.78, 5) is 31.0. The number of nitrogens with zero attached hydrogens (tertiary/aromatic N) is 4. The molecule has 1 aliphatic heterocycles. The Labute approximate surface area is 189 Å². The molecule has 32 heavy (non-hydrogen) atoms. The molecule has 1 aliphatic rings. The number of anilines is 1. The molecule has 0 saturated heterocycles. The van der Waals surface area contributed by atoms with Crippen LogP contribution in [0.1, 0.15) is 38.4 Å². The number of carbonyl (C=O) groups excluding carboxylic acids is 2. The molecule has 1 atom stereocenters. The van der Waals surface area contributed by atoms with Crippen molar-refractivity contribution < 1.29 is 24.1 Å². The highest BCUT2D eigenvalue weighted by atomic mass is 32.2. The zero-order valence-electron chi connectivity index (χ0n) is 17.9. The van der Waals surface area contributed by atoms with Crippen LogP contribution >= 0.6 is 11.8 Å². The van der Waals surface area contributed by atoms with Crippen molar-refractivity contribution >= 4 is 29.3 Å². The summed E-state index contributed by atoms with van der Waals surface area (Å²) >= 11 is 1.24. The molecule has 3 aromatic rings. The first kappa shape index (κ1) is 21.8. The van der Waals surface area contributed by atoms with Crippen molar-refractivity contribution in [3.8, 4) is 22.9 Å². The van der Waals surface area contributed by atoms with Gasteiger partial charge in [0.25, 0.3) is 17.0 Å². The number of thioether (sulfide) groups is 1. The molecule has 1 amide bonds. The summed E-state index contributed by atoms with van der Waals surface area (Å²) in [5, 5.41) is 17.9. The van der Waals surface area contributed by atoms with E-state index < -0.39 is 18.0 Å². The molecule has 1 unspecified atom stereocenters. The first-order valence-electron chi connectivity index (χ1n) is 10.3. The number of rotatable bonds is 5. The number of hydrogen-bond acceptors (Lipinski definition) is 7. The van der Waals surface area contributed by atoms with E-state index in [1.54, 1.807) is 67.5 Å². The minimum Gasteiger partial charge on any atom is -0.854 e.